The van der Waals surface area contributed by atoms with E-state index in [4.69, 9.17) is 10.5 Å². The highest BCUT2D eigenvalue weighted by atomic mass is 32.1. The zero-order valence-corrected chi connectivity index (χ0v) is 16.8. The zero-order valence-electron chi connectivity index (χ0n) is 16.0. The number of primary amides is 1. The molecule has 5 atom stereocenters. The lowest BCUT2D eigenvalue weighted by Crippen LogP contribution is -2.55. The molecular formula is C22H23NO6S. The molecule has 0 aliphatic carbocycles. The quantitative estimate of drug-likeness (QED) is 0.413. The van der Waals surface area contributed by atoms with Crippen LogP contribution in [-0.4, -0.2) is 57.4 Å². The van der Waals surface area contributed by atoms with Crippen LogP contribution in [0.15, 0.2) is 48.5 Å². The Morgan fingerprint density at radius 1 is 1.03 bits per heavy atom. The van der Waals surface area contributed by atoms with Crippen molar-refractivity contribution >= 4 is 27.3 Å². The Kier molecular flexibility index (Phi) is 5.88. The van der Waals surface area contributed by atoms with Gasteiger partial charge in [0.2, 0.25) is 5.91 Å². The Morgan fingerprint density at radius 3 is 2.50 bits per heavy atom. The maximum atomic E-state index is 12.0. The summed E-state index contributed by atoms with van der Waals surface area (Å²) in [5.74, 6) is -0.699. The molecule has 0 saturated carbocycles. The molecule has 3 aromatic rings. The van der Waals surface area contributed by atoms with E-state index in [1.54, 1.807) is 29.5 Å². The van der Waals surface area contributed by atoms with Gasteiger partial charge in [-0.05, 0) is 34.7 Å². The molecule has 2 heterocycles. The lowest BCUT2D eigenvalue weighted by Gasteiger charge is -2.40. The second-order valence-electron chi connectivity index (χ2n) is 7.46. The topological polar surface area (TPSA) is 133 Å². The van der Waals surface area contributed by atoms with E-state index in [0.29, 0.717) is 12.0 Å². The van der Waals surface area contributed by atoms with Crippen molar-refractivity contribution in [3.05, 3.63) is 70.1 Å². The van der Waals surface area contributed by atoms with E-state index < -0.39 is 43.0 Å². The highest BCUT2D eigenvalue weighted by molar-refractivity contribution is 7.19. The fraction of sp³-hybridized carbons (Fsp3) is 0.318. The second-order valence-corrected chi connectivity index (χ2v) is 8.63. The average Bonchev–Trinajstić information content (AvgIpc) is 3.14. The van der Waals surface area contributed by atoms with Crippen molar-refractivity contribution in [2.75, 3.05) is 6.61 Å². The first-order valence-corrected chi connectivity index (χ1v) is 10.4. The van der Waals surface area contributed by atoms with E-state index in [-0.39, 0.29) is 5.56 Å². The van der Waals surface area contributed by atoms with E-state index in [1.807, 2.05) is 18.2 Å². The molecule has 1 aromatic heterocycles. The van der Waals surface area contributed by atoms with Crippen molar-refractivity contribution < 1.29 is 30.0 Å². The smallest absolute Gasteiger partial charge is 0.249 e. The van der Waals surface area contributed by atoms with Crippen molar-refractivity contribution in [1.29, 1.82) is 0 Å². The second kappa shape index (κ2) is 8.43. The molecule has 1 fully saturated rings. The van der Waals surface area contributed by atoms with Crippen LogP contribution in [0.1, 0.15) is 32.5 Å². The van der Waals surface area contributed by atoms with E-state index in [1.165, 1.54) is 4.70 Å². The summed E-state index contributed by atoms with van der Waals surface area (Å²) >= 11 is 1.67. The first-order valence-electron chi connectivity index (χ1n) is 9.59. The van der Waals surface area contributed by atoms with Crippen LogP contribution in [0.4, 0.5) is 0 Å². The first-order chi connectivity index (χ1) is 14.4. The van der Waals surface area contributed by atoms with Gasteiger partial charge in [0.1, 0.15) is 30.5 Å². The van der Waals surface area contributed by atoms with Crippen molar-refractivity contribution in [2.24, 2.45) is 5.73 Å². The number of rotatable bonds is 5. The monoisotopic (exact) mass is 429 g/mol. The van der Waals surface area contributed by atoms with Gasteiger partial charge < -0.3 is 30.9 Å². The summed E-state index contributed by atoms with van der Waals surface area (Å²) in [5.41, 5.74) is 6.86. The van der Waals surface area contributed by atoms with Crippen molar-refractivity contribution in [3.8, 4) is 0 Å². The summed E-state index contributed by atoms with van der Waals surface area (Å²) in [6, 6.07) is 15.3. The molecular weight excluding hydrogens is 406 g/mol. The number of aliphatic hydroxyl groups is 4. The Bertz CT molecular complexity index is 1030. The third kappa shape index (κ3) is 3.85. The highest BCUT2D eigenvalue weighted by Crippen LogP contribution is 2.35. The van der Waals surface area contributed by atoms with Crippen LogP contribution in [0.3, 0.4) is 0 Å². The third-order valence-corrected chi connectivity index (χ3v) is 6.55. The molecule has 30 heavy (non-hydrogen) atoms. The van der Waals surface area contributed by atoms with Crippen LogP contribution < -0.4 is 5.73 Å². The number of nitrogens with two attached hydrogens (primary N) is 1. The van der Waals surface area contributed by atoms with Crippen LogP contribution in [0.2, 0.25) is 0 Å². The van der Waals surface area contributed by atoms with Crippen LogP contribution in [0.5, 0.6) is 0 Å². The summed E-state index contributed by atoms with van der Waals surface area (Å²) in [6.07, 6.45) is -6.08. The average molecular weight is 429 g/mol. The first kappa shape index (κ1) is 20.9. The third-order valence-electron chi connectivity index (χ3n) is 5.44. The van der Waals surface area contributed by atoms with E-state index in [2.05, 4.69) is 12.1 Å². The number of benzene rings is 2. The van der Waals surface area contributed by atoms with Crippen LogP contribution in [0.25, 0.3) is 10.1 Å². The summed E-state index contributed by atoms with van der Waals surface area (Å²) in [6.45, 7) is -0.547. The number of carbonyl (C=O) groups is 1. The van der Waals surface area contributed by atoms with Gasteiger partial charge in [0.05, 0.1) is 6.61 Å². The number of carbonyl (C=O) groups excluding carboxylic acids is 1. The number of hydrogen-bond acceptors (Lipinski definition) is 7. The van der Waals surface area contributed by atoms with Crippen molar-refractivity contribution in [1.82, 2.24) is 0 Å². The Labute approximate surface area is 177 Å². The van der Waals surface area contributed by atoms with Crippen LogP contribution in [-0.2, 0) is 11.2 Å². The number of hydrogen-bond donors (Lipinski definition) is 5. The summed E-state index contributed by atoms with van der Waals surface area (Å²) in [7, 11) is 0. The molecule has 2 aromatic carbocycles. The van der Waals surface area contributed by atoms with Crippen LogP contribution >= 0.6 is 11.3 Å². The predicted molar refractivity (Wildman–Crippen MR) is 112 cm³/mol. The minimum Gasteiger partial charge on any atom is -0.394 e. The number of aliphatic hydroxyl groups excluding tert-OH is 4. The number of thiophene rings is 1. The molecule has 0 bridgehead atoms. The predicted octanol–water partition coefficient (Wildman–Crippen LogP) is 1.11. The largest absolute Gasteiger partial charge is 0.394 e. The zero-order chi connectivity index (χ0) is 21.4. The van der Waals surface area contributed by atoms with Gasteiger partial charge in [0, 0.05) is 21.6 Å². The fourth-order valence-electron chi connectivity index (χ4n) is 3.87. The molecule has 0 unspecified atom stereocenters. The van der Waals surface area contributed by atoms with Gasteiger partial charge in [-0.15, -0.1) is 11.3 Å². The Balaban J connectivity index is 1.70. The lowest BCUT2D eigenvalue weighted by atomic mass is 9.88. The van der Waals surface area contributed by atoms with Gasteiger partial charge in [0.25, 0.3) is 0 Å². The van der Waals surface area contributed by atoms with Gasteiger partial charge in [-0.2, -0.15) is 0 Å². The summed E-state index contributed by atoms with van der Waals surface area (Å²) in [4.78, 5) is 13.1. The molecule has 0 spiro atoms. The molecule has 1 aliphatic rings. The standard InChI is InChI=1S/C22H23NO6S/c23-22(28)14-6-5-11(7-13-9-12-3-1-2-4-17(12)30-13)8-15(14)21-20(27)19(26)18(25)16(10-24)29-21/h1-6,8-9,16,18-21,24-27H,7,10H2,(H2,23,28)/t16-,18-,19+,20-,21+/m1/s1. The Morgan fingerprint density at radius 2 is 1.80 bits per heavy atom. The molecule has 7 nitrogen and oxygen atoms in total. The van der Waals surface area contributed by atoms with E-state index in [9.17, 15) is 25.2 Å². The van der Waals surface area contributed by atoms with E-state index in [0.717, 1.165) is 15.8 Å². The molecule has 1 saturated heterocycles. The van der Waals surface area contributed by atoms with Gasteiger partial charge in [0.15, 0.2) is 0 Å². The minimum absolute atomic E-state index is 0.152. The Hall–Kier alpha value is -2.33. The SMILES string of the molecule is NC(=O)c1ccc(Cc2cc3ccccc3s2)cc1[C@@H]1O[C@H](CO)[C@@H](O)[C@H](O)[C@H]1O. The summed E-state index contributed by atoms with van der Waals surface area (Å²) in [5, 5.41) is 41.3. The lowest BCUT2D eigenvalue weighted by molar-refractivity contribution is -0.231. The molecule has 4 rings (SSSR count). The van der Waals surface area contributed by atoms with E-state index >= 15 is 0 Å². The van der Waals surface area contributed by atoms with Crippen molar-refractivity contribution in [2.45, 2.75) is 36.9 Å². The van der Waals surface area contributed by atoms with Gasteiger partial charge in [-0.1, -0.05) is 30.3 Å². The molecule has 6 N–H and O–H groups in total. The maximum Gasteiger partial charge on any atom is 0.249 e. The molecule has 0 radical (unpaired) electrons. The number of fused-ring (bicyclic) bond motifs is 1. The molecule has 1 aliphatic heterocycles. The van der Waals surface area contributed by atoms with Gasteiger partial charge in [-0.3, -0.25) is 4.79 Å². The molecule has 158 valence electrons. The fourth-order valence-corrected chi connectivity index (χ4v) is 4.96. The number of amides is 1. The van der Waals surface area contributed by atoms with Gasteiger partial charge >= 0.3 is 0 Å². The highest BCUT2D eigenvalue weighted by Gasteiger charge is 2.44. The molecule has 1 amide bonds. The normalized spacial score (nSPS) is 26.7. The number of ether oxygens (including phenoxy) is 1. The minimum atomic E-state index is -1.53. The molecule has 8 heteroatoms. The van der Waals surface area contributed by atoms with Crippen LogP contribution in [0, 0.1) is 0 Å². The van der Waals surface area contributed by atoms with Gasteiger partial charge in [-0.25, -0.2) is 0 Å². The summed E-state index contributed by atoms with van der Waals surface area (Å²) < 4.78 is 6.82. The maximum absolute atomic E-state index is 12.0. The van der Waals surface area contributed by atoms with Crippen molar-refractivity contribution in [3.63, 3.8) is 0 Å².